The summed E-state index contributed by atoms with van der Waals surface area (Å²) < 4.78 is 0. The fourth-order valence-corrected chi connectivity index (χ4v) is 7.71. The molecule has 3 aliphatic rings. The summed E-state index contributed by atoms with van der Waals surface area (Å²) in [5, 5.41) is 0. The normalized spacial score (nSPS) is 17.4. The number of hydrogen-bond acceptors (Lipinski definition) is 6. The molecule has 2 unspecified atom stereocenters. The SMILES string of the molecule is C1=CC2c3ccc4c(c3N(c3ccccc3)C2C=C1)N(c1nc(-c2ccccc2)nc(-c2ccccc2)n1)c1ccccc1S4. The molecule has 1 aliphatic carbocycles. The summed E-state index contributed by atoms with van der Waals surface area (Å²) in [5.74, 6) is 2.11. The molecule has 0 saturated carbocycles. The zero-order valence-electron chi connectivity index (χ0n) is 24.2. The van der Waals surface area contributed by atoms with Crippen molar-refractivity contribution in [3.05, 3.63) is 157 Å². The number of nitrogens with zero attached hydrogens (tertiary/aromatic N) is 5. The average molecular weight is 598 g/mol. The minimum absolute atomic E-state index is 0.168. The number of hydrogen-bond donors (Lipinski definition) is 0. The number of aromatic nitrogens is 3. The van der Waals surface area contributed by atoms with Crippen LogP contribution in [0.5, 0.6) is 0 Å². The lowest BCUT2D eigenvalue weighted by Gasteiger charge is -2.36. The van der Waals surface area contributed by atoms with E-state index in [0.717, 1.165) is 33.1 Å². The van der Waals surface area contributed by atoms with Gasteiger partial charge in [-0.15, -0.1) is 0 Å². The van der Waals surface area contributed by atoms with E-state index in [1.807, 2.05) is 36.4 Å². The Balaban J connectivity index is 1.34. The van der Waals surface area contributed by atoms with E-state index in [2.05, 4.69) is 125 Å². The fraction of sp³-hybridized carbons (Fsp3) is 0.0513. The van der Waals surface area contributed by atoms with E-state index >= 15 is 0 Å². The van der Waals surface area contributed by atoms with E-state index in [1.54, 1.807) is 11.8 Å². The van der Waals surface area contributed by atoms with Crippen molar-refractivity contribution in [2.24, 2.45) is 0 Å². The number of para-hydroxylation sites is 2. The Kier molecular flexibility index (Phi) is 6.13. The van der Waals surface area contributed by atoms with Gasteiger partial charge in [0.25, 0.3) is 0 Å². The monoisotopic (exact) mass is 597 g/mol. The molecule has 214 valence electrons. The Morgan fingerprint density at radius 1 is 0.533 bits per heavy atom. The first-order valence-electron chi connectivity index (χ1n) is 15.1. The maximum atomic E-state index is 5.21. The van der Waals surface area contributed by atoms with Gasteiger partial charge in [0.1, 0.15) is 0 Å². The van der Waals surface area contributed by atoms with Crippen molar-refractivity contribution in [3.63, 3.8) is 0 Å². The van der Waals surface area contributed by atoms with E-state index in [4.69, 9.17) is 15.0 Å². The summed E-state index contributed by atoms with van der Waals surface area (Å²) in [4.78, 5) is 22.5. The van der Waals surface area contributed by atoms with Crippen LogP contribution in [0.1, 0.15) is 11.5 Å². The first-order chi connectivity index (χ1) is 22.3. The van der Waals surface area contributed by atoms with E-state index in [0.29, 0.717) is 17.6 Å². The number of fused-ring (bicyclic) bond motifs is 6. The molecule has 6 aromatic rings. The molecule has 0 amide bonds. The standard InChI is InChI=1S/C39H27N5S/c1-4-14-26(15-5-1)37-40-38(27-16-6-2-7-17-27)42-39(41-37)44-32-22-12-13-23-33(32)45-34-25-24-30-29-20-10-11-21-31(29)43(35(30)36(34)44)28-18-8-3-9-19-28/h1-25,29,31H. The Morgan fingerprint density at radius 3 is 1.87 bits per heavy atom. The van der Waals surface area contributed by atoms with Crippen LogP contribution in [-0.2, 0) is 0 Å². The minimum Gasteiger partial charge on any atom is -0.332 e. The second-order valence-corrected chi connectivity index (χ2v) is 12.3. The molecular weight excluding hydrogens is 571 g/mol. The molecule has 2 atom stereocenters. The highest BCUT2D eigenvalue weighted by atomic mass is 32.2. The second kappa shape index (κ2) is 10.6. The van der Waals surface area contributed by atoms with Crippen LogP contribution in [0.25, 0.3) is 22.8 Å². The van der Waals surface area contributed by atoms with Crippen molar-refractivity contribution in [1.29, 1.82) is 0 Å². The van der Waals surface area contributed by atoms with Crippen molar-refractivity contribution in [1.82, 2.24) is 15.0 Å². The molecule has 0 N–H and O–H groups in total. The van der Waals surface area contributed by atoms with Crippen LogP contribution in [0.2, 0.25) is 0 Å². The van der Waals surface area contributed by atoms with Gasteiger partial charge in [0, 0.05) is 32.5 Å². The highest BCUT2D eigenvalue weighted by molar-refractivity contribution is 7.99. The lowest BCUT2D eigenvalue weighted by molar-refractivity contribution is 0.744. The predicted molar refractivity (Wildman–Crippen MR) is 183 cm³/mol. The topological polar surface area (TPSA) is 45.2 Å². The van der Waals surface area contributed by atoms with Crippen LogP contribution in [0, 0.1) is 0 Å². The van der Waals surface area contributed by atoms with Gasteiger partial charge in [-0.3, -0.25) is 4.90 Å². The van der Waals surface area contributed by atoms with Crippen LogP contribution in [0.3, 0.4) is 0 Å². The molecule has 0 saturated heterocycles. The van der Waals surface area contributed by atoms with Gasteiger partial charge in [-0.1, -0.05) is 133 Å². The first kappa shape index (κ1) is 26.0. The molecule has 45 heavy (non-hydrogen) atoms. The molecule has 1 aromatic heterocycles. The Morgan fingerprint density at radius 2 is 1.16 bits per heavy atom. The van der Waals surface area contributed by atoms with Crippen molar-refractivity contribution in [2.75, 3.05) is 9.80 Å². The van der Waals surface area contributed by atoms with Gasteiger partial charge in [-0.25, -0.2) is 4.98 Å². The zero-order valence-corrected chi connectivity index (χ0v) is 25.0. The molecule has 0 bridgehead atoms. The van der Waals surface area contributed by atoms with Gasteiger partial charge in [0.15, 0.2) is 11.6 Å². The highest BCUT2D eigenvalue weighted by Crippen LogP contribution is 2.60. The summed E-state index contributed by atoms with van der Waals surface area (Å²) in [7, 11) is 0. The van der Waals surface area contributed by atoms with Gasteiger partial charge in [0.05, 0.1) is 23.1 Å². The minimum atomic E-state index is 0.168. The number of anilines is 5. The highest BCUT2D eigenvalue weighted by Gasteiger charge is 2.43. The van der Waals surface area contributed by atoms with Crippen molar-refractivity contribution < 1.29 is 0 Å². The largest absolute Gasteiger partial charge is 0.332 e. The maximum absolute atomic E-state index is 5.21. The third kappa shape index (κ3) is 4.29. The first-order valence-corrected chi connectivity index (χ1v) is 16.0. The third-order valence-electron chi connectivity index (χ3n) is 8.62. The van der Waals surface area contributed by atoms with Gasteiger partial charge >= 0.3 is 0 Å². The van der Waals surface area contributed by atoms with Crippen LogP contribution in [0.15, 0.2) is 161 Å². The molecular formula is C39H27N5S. The number of rotatable bonds is 4. The molecule has 5 aromatic carbocycles. The van der Waals surface area contributed by atoms with Crippen molar-refractivity contribution in [2.45, 2.75) is 21.8 Å². The van der Waals surface area contributed by atoms with Crippen molar-refractivity contribution >= 4 is 40.5 Å². The molecule has 6 heteroatoms. The second-order valence-electron chi connectivity index (χ2n) is 11.3. The van der Waals surface area contributed by atoms with Crippen LogP contribution in [-0.4, -0.2) is 21.0 Å². The van der Waals surface area contributed by atoms with E-state index in [9.17, 15) is 0 Å². The summed E-state index contributed by atoms with van der Waals surface area (Å²) in [6, 6.07) is 44.4. The molecule has 9 rings (SSSR count). The Labute approximate surface area is 266 Å². The maximum Gasteiger partial charge on any atom is 0.238 e. The van der Waals surface area contributed by atoms with Gasteiger partial charge in [-0.05, 0) is 35.9 Å². The van der Waals surface area contributed by atoms with Crippen LogP contribution >= 0.6 is 11.8 Å². The lowest BCUT2D eigenvalue weighted by Crippen LogP contribution is -2.29. The number of benzene rings is 5. The molecule has 0 radical (unpaired) electrons. The summed E-state index contributed by atoms with van der Waals surface area (Å²) in [6.45, 7) is 0. The molecule has 0 fully saturated rings. The molecule has 5 nitrogen and oxygen atoms in total. The third-order valence-corrected chi connectivity index (χ3v) is 9.74. The predicted octanol–water partition coefficient (Wildman–Crippen LogP) is 9.87. The van der Waals surface area contributed by atoms with Crippen LogP contribution < -0.4 is 9.80 Å². The van der Waals surface area contributed by atoms with E-state index < -0.39 is 0 Å². The Hall–Kier alpha value is -5.46. The Bertz CT molecular complexity index is 2050. The smallest absolute Gasteiger partial charge is 0.238 e. The fourth-order valence-electron chi connectivity index (χ4n) is 6.64. The summed E-state index contributed by atoms with van der Waals surface area (Å²) in [5.41, 5.74) is 7.70. The molecule has 2 aliphatic heterocycles. The number of allylic oxidation sites excluding steroid dienone is 2. The van der Waals surface area contributed by atoms with Gasteiger partial charge in [-0.2, -0.15) is 9.97 Å². The van der Waals surface area contributed by atoms with Gasteiger partial charge in [0.2, 0.25) is 5.95 Å². The van der Waals surface area contributed by atoms with E-state index in [-0.39, 0.29) is 12.0 Å². The summed E-state index contributed by atoms with van der Waals surface area (Å²) >= 11 is 1.80. The lowest BCUT2D eigenvalue weighted by atomic mass is 9.91. The quantitative estimate of drug-likeness (QED) is 0.201. The molecule has 0 spiro atoms. The molecule has 3 heterocycles. The van der Waals surface area contributed by atoms with E-state index in [1.165, 1.54) is 16.1 Å². The summed E-state index contributed by atoms with van der Waals surface area (Å²) in [6.07, 6.45) is 8.99. The average Bonchev–Trinajstić information content (AvgIpc) is 3.46. The van der Waals surface area contributed by atoms with Crippen LogP contribution in [0.4, 0.5) is 28.7 Å². The van der Waals surface area contributed by atoms with Gasteiger partial charge < -0.3 is 4.90 Å². The van der Waals surface area contributed by atoms with Crippen molar-refractivity contribution in [3.8, 4) is 22.8 Å². The zero-order chi connectivity index (χ0) is 29.7.